The van der Waals surface area contributed by atoms with Crippen LogP contribution in [0.4, 0.5) is 5.69 Å². The molecule has 0 bridgehead atoms. The number of hydrogen-bond donors (Lipinski definition) is 2. The van der Waals surface area contributed by atoms with Gasteiger partial charge in [-0.3, -0.25) is 9.48 Å². The largest absolute Gasteiger partial charge is 0.368 e. The van der Waals surface area contributed by atoms with Crippen molar-refractivity contribution in [2.45, 2.75) is 18.4 Å². The third kappa shape index (κ3) is 1.56. The highest BCUT2D eigenvalue weighted by atomic mass is 16.2. The molecule has 0 saturated heterocycles. The number of aliphatic imine (C=N–C) groups is 2. The SMILES string of the molecule is C=NC(N)=Nc1cnn(C2(C(N)=O)CC2)c1. The molecule has 7 heteroatoms. The van der Waals surface area contributed by atoms with Crippen molar-refractivity contribution in [2.24, 2.45) is 21.5 Å². The van der Waals surface area contributed by atoms with E-state index in [4.69, 9.17) is 11.5 Å². The van der Waals surface area contributed by atoms with Gasteiger partial charge < -0.3 is 11.5 Å². The van der Waals surface area contributed by atoms with E-state index >= 15 is 0 Å². The molecule has 0 radical (unpaired) electrons. The summed E-state index contributed by atoms with van der Waals surface area (Å²) in [6.07, 6.45) is 4.54. The Morgan fingerprint density at radius 3 is 2.75 bits per heavy atom. The number of carbonyl (C=O) groups is 1. The van der Waals surface area contributed by atoms with Crippen LogP contribution >= 0.6 is 0 Å². The van der Waals surface area contributed by atoms with E-state index in [-0.39, 0.29) is 11.9 Å². The van der Waals surface area contributed by atoms with E-state index in [1.165, 1.54) is 10.9 Å². The van der Waals surface area contributed by atoms with Crippen molar-refractivity contribution in [3.05, 3.63) is 12.4 Å². The number of aromatic nitrogens is 2. The Hall–Kier alpha value is -2.18. The summed E-state index contributed by atoms with van der Waals surface area (Å²) in [5, 5.41) is 4.05. The van der Waals surface area contributed by atoms with Crippen molar-refractivity contribution in [3.63, 3.8) is 0 Å². The lowest BCUT2D eigenvalue weighted by molar-refractivity contribution is -0.122. The van der Waals surface area contributed by atoms with Crippen molar-refractivity contribution in [3.8, 4) is 0 Å². The van der Waals surface area contributed by atoms with E-state index in [9.17, 15) is 4.79 Å². The molecule has 4 N–H and O–H groups in total. The second kappa shape index (κ2) is 3.44. The van der Waals surface area contributed by atoms with Gasteiger partial charge in [-0.1, -0.05) is 0 Å². The average Bonchev–Trinajstić information content (AvgIpc) is 2.95. The van der Waals surface area contributed by atoms with Gasteiger partial charge in [-0.15, -0.1) is 0 Å². The standard InChI is InChI=1S/C9H12N6O/c1-12-8(11)14-6-4-13-15(5-6)9(2-3-9)7(10)16/h4-5H,1-3H2,(H2,10,16)(H2,11,14). The van der Waals surface area contributed by atoms with E-state index in [2.05, 4.69) is 21.8 Å². The van der Waals surface area contributed by atoms with Crippen molar-refractivity contribution in [1.82, 2.24) is 9.78 Å². The molecule has 1 aliphatic carbocycles. The Morgan fingerprint density at radius 2 is 2.25 bits per heavy atom. The van der Waals surface area contributed by atoms with Gasteiger partial charge >= 0.3 is 0 Å². The molecule has 1 amide bonds. The van der Waals surface area contributed by atoms with Crippen LogP contribution < -0.4 is 11.5 Å². The highest BCUT2D eigenvalue weighted by Gasteiger charge is 2.51. The van der Waals surface area contributed by atoms with E-state index < -0.39 is 5.54 Å². The van der Waals surface area contributed by atoms with Crippen LogP contribution in [0.15, 0.2) is 22.4 Å². The number of guanidine groups is 1. The lowest BCUT2D eigenvalue weighted by Crippen LogP contribution is -2.34. The summed E-state index contributed by atoms with van der Waals surface area (Å²) in [6.45, 7) is 3.25. The minimum Gasteiger partial charge on any atom is -0.368 e. The number of carbonyl (C=O) groups excluding carboxylic acids is 1. The zero-order valence-corrected chi connectivity index (χ0v) is 8.63. The minimum atomic E-state index is -0.663. The lowest BCUT2D eigenvalue weighted by Gasteiger charge is -2.10. The van der Waals surface area contributed by atoms with E-state index in [1.807, 2.05) is 0 Å². The molecule has 7 nitrogen and oxygen atoms in total. The summed E-state index contributed by atoms with van der Waals surface area (Å²) < 4.78 is 1.53. The van der Waals surface area contributed by atoms with E-state index in [0.717, 1.165) is 0 Å². The molecule has 0 aliphatic heterocycles. The Morgan fingerprint density at radius 1 is 1.56 bits per heavy atom. The molecule has 1 fully saturated rings. The zero-order chi connectivity index (χ0) is 11.8. The van der Waals surface area contributed by atoms with E-state index in [0.29, 0.717) is 18.5 Å². The molecule has 16 heavy (non-hydrogen) atoms. The Labute approximate surface area is 91.9 Å². The van der Waals surface area contributed by atoms with Crippen molar-refractivity contribution < 1.29 is 4.79 Å². The third-order valence-corrected chi connectivity index (χ3v) is 2.60. The fourth-order valence-corrected chi connectivity index (χ4v) is 1.48. The molecule has 2 rings (SSSR count). The maximum absolute atomic E-state index is 11.2. The summed E-state index contributed by atoms with van der Waals surface area (Å²) in [5.74, 6) is -0.315. The van der Waals surface area contributed by atoms with Gasteiger partial charge in [0.05, 0.1) is 12.4 Å². The Bertz CT molecular complexity index is 470. The van der Waals surface area contributed by atoms with Gasteiger partial charge in [0.15, 0.2) is 0 Å². The Balaban J connectivity index is 2.27. The molecule has 0 unspecified atom stereocenters. The normalized spacial score (nSPS) is 18.1. The highest BCUT2D eigenvalue weighted by Crippen LogP contribution is 2.43. The summed E-state index contributed by atoms with van der Waals surface area (Å²) in [6, 6.07) is 0. The zero-order valence-electron chi connectivity index (χ0n) is 8.63. The van der Waals surface area contributed by atoms with Gasteiger partial charge in [-0.2, -0.15) is 5.10 Å². The second-order valence-electron chi connectivity index (χ2n) is 3.67. The van der Waals surface area contributed by atoms with Crippen molar-refractivity contribution in [2.75, 3.05) is 0 Å². The lowest BCUT2D eigenvalue weighted by atomic mass is 10.3. The van der Waals surface area contributed by atoms with Crippen LogP contribution in [0.3, 0.4) is 0 Å². The van der Waals surface area contributed by atoms with Gasteiger partial charge in [-0.05, 0) is 19.6 Å². The number of rotatable bonds is 3. The maximum atomic E-state index is 11.2. The van der Waals surface area contributed by atoms with Crippen molar-refractivity contribution in [1.29, 1.82) is 0 Å². The first-order valence-electron chi connectivity index (χ1n) is 4.74. The first kappa shape index (κ1) is 10.3. The monoisotopic (exact) mass is 220 g/mol. The van der Waals surface area contributed by atoms with Gasteiger partial charge in [-0.25, -0.2) is 9.98 Å². The summed E-state index contributed by atoms with van der Waals surface area (Å²) in [7, 11) is 0. The number of nitrogens with two attached hydrogens (primary N) is 2. The summed E-state index contributed by atoms with van der Waals surface area (Å²) in [5.41, 5.74) is 10.6. The van der Waals surface area contributed by atoms with E-state index in [1.54, 1.807) is 6.20 Å². The molecular weight excluding hydrogens is 208 g/mol. The first-order chi connectivity index (χ1) is 7.58. The van der Waals surface area contributed by atoms with Gasteiger partial charge in [0.25, 0.3) is 0 Å². The molecule has 1 saturated carbocycles. The predicted octanol–water partition coefficient (Wildman–Crippen LogP) is -0.496. The van der Waals surface area contributed by atoms with Gasteiger partial charge in [0.2, 0.25) is 11.9 Å². The highest BCUT2D eigenvalue weighted by molar-refractivity contribution is 5.86. The van der Waals surface area contributed by atoms with Crippen LogP contribution in [0.1, 0.15) is 12.8 Å². The van der Waals surface area contributed by atoms with Crippen LogP contribution in [-0.4, -0.2) is 28.4 Å². The molecule has 84 valence electrons. The fourth-order valence-electron chi connectivity index (χ4n) is 1.48. The minimum absolute atomic E-state index is 0.0588. The van der Waals surface area contributed by atoms with Crippen LogP contribution in [0.2, 0.25) is 0 Å². The summed E-state index contributed by atoms with van der Waals surface area (Å²) >= 11 is 0. The molecular formula is C9H12N6O. The molecule has 1 aliphatic rings. The van der Waals surface area contributed by atoms with Crippen LogP contribution in [0, 0.1) is 0 Å². The topological polar surface area (TPSA) is 112 Å². The molecule has 0 atom stereocenters. The van der Waals surface area contributed by atoms with Gasteiger partial charge in [0, 0.05) is 0 Å². The smallest absolute Gasteiger partial charge is 0.245 e. The van der Waals surface area contributed by atoms with Crippen LogP contribution in [-0.2, 0) is 10.3 Å². The molecule has 1 heterocycles. The first-order valence-corrected chi connectivity index (χ1v) is 4.74. The quantitative estimate of drug-likeness (QED) is 0.529. The molecule has 0 spiro atoms. The predicted molar refractivity (Wildman–Crippen MR) is 59.5 cm³/mol. The van der Waals surface area contributed by atoms with Gasteiger partial charge in [0.1, 0.15) is 11.2 Å². The Kier molecular flexibility index (Phi) is 2.22. The van der Waals surface area contributed by atoms with Crippen molar-refractivity contribution >= 4 is 24.3 Å². The average molecular weight is 220 g/mol. The second-order valence-corrected chi connectivity index (χ2v) is 3.67. The maximum Gasteiger partial charge on any atom is 0.245 e. The molecule has 0 aromatic carbocycles. The number of primary amides is 1. The summed E-state index contributed by atoms with van der Waals surface area (Å²) in [4.78, 5) is 18.6. The molecule has 1 aromatic heterocycles. The molecule has 1 aromatic rings. The van der Waals surface area contributed by atoms with Crippen LogP contribution in [0.5, 0.6) is 0 Å². The third-order valence-electron chi connectivity index (χ3n) is 2.60. The number of nitrogens with zero attached hydrogens (tertiary/aromatic N) is 4. The number of amides is 1. The van der Waals surface area contributed by atoms with Crippen LogP contribution in [0.25, 0.3) is 0 Å². The number of hydrogen-bond acceptors (Lipinski definition) is 3. The fraction of sp³-hybridized carbons (Fsp3) is 0.333.